The molecule has 1 atom stereocenters. The number of nitrogens with one attached hydrogen (secondary N) is 1. The van der Waals surface area contributed by atoms with Crippen molar-refractivity contribution in [2.45, 2.75) is 26.3 Å². The first kappa shape index (κ1) is 15.1. The lowest BCUT2D eigenvalue weighted by Gasteiger charge is -2.13. The smallest absolute Gasteiger partial charge is 0.251 e. The summed E-state index contributed by atoms with van der Waals surface area (Å²) in [5.41, 5.74) is 5.99. The highest BCUT2D eigenvalue weighted by Gasteiger charge is 2.11. The number of thioether (sulfide) groups is 1. The Labute approximate surface area is 117 Å². The summed E-state index contributed by atoms with van der Waals surface area (Å²) in [6, 6.07) is 3.17. The summed E-state index contributed by atoms with van der Waals surface area (Å²) in [4.78, 5) is 15.7. The number of carbonyl (C=O) groups excluding carboxylic acids is 1. The van der Waals surface area contributed by atoms with E-state index in [0.29, 0.717) is 5.56 Å². The molecule has 0 saturated heterocycles. The third-order valence-electron chi connectivity index (χ3n) is 2.35. The maximum Gasteiger partial charge on any atom is 0.251 e. The predicted octanol–water partition coefficient (Wildman–Crippen LogP) is 2.58. The van der Waals surface area contributed by atoms with Gasteiger partial charge >= 0.3 is 0 Å². The topological polar surface area (TPSA) is 68.0 Å². The molecular weight excluding hydrogens is 270 g/mol. The first-order chi connectivity index (χ1) is 8.52. The van der Waals surface area contributed by atoms with Crippen molar-refractivity contribution in [1.82, 2.24) is 10.3 Å². The van der Waals surface area contributed by atoms with E-state index < -0.39 is 0 Å². The highest BCUT2D eigenvalue weighted by atomic mass is 35.5. The van der Waals surface area contributed by atoms with Crippen LogP contribution in [0, 0.1) is 0 Å². The van der Waals surface area contributed by atoms with Crippen LogP contribution in [0.4, 0.5) is 5.82 Å². The number of amides is 1. The first-order valence-electron chi connectivity index (χ1n) is 5.84. The molecule has 4 nitrogen and oxygen atoms in total. The van der Waals surface area contributed by atoms with Gasteiger partial charge < -0.3 is 11.1 Å². The van der Waals surface area contributed by atoms with Gasteiger partial charge in [-0.2, -0.15) is 11.8 Å². The number of anilines is 1. The summed E-state index contributed by atoms with van der Waals surface area (Å²) in [5.74, 6) is 2.22. The molecule has 1 heterocycles. The normalized spacial score (nSPS) is 12.2. The monoisotopic (exact) mass is 287 g/mol. The van der Waals surface area contributed by atoms with Gasteiger partial charge in [0, 0.05) is 11.6 Å². The SMILES string of the molecule is CCSCCC(C)NC(=O)c1cc(N)nc(Cl)c1. The Morgan fingerprint density at radius 1 is 1.61 bits per heavy atom. The van der Waals surface area contributed by atoms with Crippen molar-refractivity contribution in [2.24, 2.45) is 0 Å². The van der Waals surface area contributed by atoms with E-state index in [1.54, 1.807) is 0 Å². The second kappa shape index (κ2) is 7.48. The van der Waals surface area contributed by atoms with Crippen molar-refractivity contribution in [2.75, 3.05) is 17.2 Å². The highest BCUT2D eigenvalue weighted by molar-refractivity contribution is 7.99. The number of carbonyl (C=O) groups is 1. The largest absolute Gasteiger partial charge is 0.384 e. The molecule has 0 saturated carbocycles. The molecule has 6 heteroatoms. The van der Waals surface area contributed by atoms with E-state index in [1.807, 2.05) is 18.7 Å². The molecule has 0 fully saturated rings. The Morgan fingerprint density at radius 2 is 2.33 bits per heavy atom. The van der Waals surface area contributed by atoms with Gasteiger partial charge in [0.25, 0.3) is 5.91 Å². The highest BCUT2D eigenvalue weighted by Crippen LogP contribution is 2.12. The molecule has 3 N–H and O–H groups in total. The minimum absolute atomic E-state index is 0.129. The van der Waals surface area contributed by atoms with Gasteiger partial charge in [0.2, 0.25) is 0 Å². The van der Waals surface area contributed by atoms with Crippen molar-refractivity contribution in [3.63, 3.8) is 0 Å². The summed E-state index contributed by atoms with van der Waals surface area (Å²) in [6.45, 7) is 4.11. The number of nitrogen functional groups attached to an aromatic ring is 1. The Hall–Kier alpha value is -0.940. The number of aromatic nitrogens is 1. The number of nitrogens with two attached hydrogens (primary N) is 1. The van der Waals surface area contributed by atoms with Crippen molar-refractivity contribution in [1.29, 1.82) is 0 Å². The van der Waals surface area contributed by atoms with Gasteiger partial charge in [-0.1, -0.05) is 18.5 Å². The number of rotatable bonds is 6. The Morgan fingerprint density at radius 3 is 2.94 bits per heavy atom. The van der Waals surface area contributed by atoms with Crippen LogP contribution in [0.3, 0.4) is 0 Å². The van der Waals surface area contributed by atoms with Crippen molar-refractivity contribution >= 4 is 35.1 Å². The maximum atomic E-state index is 11.9. The summed E-state index contributed by atoms with van der Waals surface area (Å²) in [7, 11) is 0. The van der Waals surface area contributed by atoms with E-state index in [1.165, 1.54) is 12.1 Å². The summed E-state index contributed by atoms with van der Waals surface area (Å²) >= 11 is 7.62. The molecule has 1 unspecified atom stereocenters. The lowest BCUT2D eigenvalue weighted by atomic mass is 10.2. The van der Waals surface area contributed by atoms with Gasteiger partial charge in [-0.3, -0.25) is 4.79 Å². The van der Waals surface area contributed by atoms with E-state index in [0.717, 1.165) is 17.9 Å². The third kappa shape index (κ3) is 5.14. The summed E-state index contributed by atoms with van der Waals surface area (Å²) in [5, 5.41) is 3.15. The van der Waals surface area contributed by atoms with Crippen LogP contribution >= 0.6 is 23.4 Å². The molecular formula is C12H18ClN3OS. The predicted molar refractivity (Wildman–Crippen MR) is 78.2 cm³/mol. The van der Waals surface area contributed by atoms with Crippen LogP contribution in [0.25, 0.3) is 0 Å². The standard InChI is InChI=1S/C12H18ClN3OS/c1-3-18-5-4-8(2)15-12(17)9-6-10(13)16-11(14)7-9/h6-8H,3-5H2,1-2H3,(H2,14,16)(H,15,17). The van der Waals surface area contributed by atoms with Crippen LogP contribution in [0.1, 0.15) is 30.6 Å². The fraction of sp³-hybridized carbons (Fsp3) is 0.500. The molecule has 1 aromatic heterocycles. The van der Waals surface area contributed by atoms with E-state index in [9.17, 15) is 4.79 Å². The third-order valence-corrected chi connectivity index (χ3v) is 3.48. The van der Waals surface area contributed by atoms with E-state index in [-0.39, 0.29) is 22.9 Å². The zero-order chi connectivity index (χ0) is 13.5. The fourth-order valence-corrected chi connectivity index (χ4v) is 2.46. The van der Waals surface area contributed by atoms with Crippen LogP contribution in [0.2, 0.25) is 5.15 Å². The van der Waals surface area contributed by atoms with E-state index in [4.69, 9.17) is 17.3 Å². The molecule has 0 aliphatic heterocycles. The molecule has 0 aliphatic carbocycles. The minimum Gasteiger partial charge on any atom is -0.384 e. The number of halogens is 1. The second-order valence-corrected chi connectivity index (χ2v) is 5.74. The fourth-order valence-electron chi connectivity index (χ4n) is 1.43. The number of hydrogen-bond acceptors (Lipinski definition) is 4. The summed E-state index contributed by atoms with van der Waals surface area (Å²) < 4.78 is 0. The molecule has 1 aromatic rings. The van der Waals surface area contributed by atoms with Gasteiger partial charge in [0.05, 0.1) is 0 Å². The molecule has 0 radical (unpaired) electrons. The zero-order valence-corrected chi connectivity index (χ0v) is 12.1. The van der Waals surface area contributed by atoms with Crippen LogP contribution in [-0.2, 0) is 0 Å². The first-order valence-corrected chi connectivity index (χ1v) is 7.38. The van der Waals surface area contributed by atoms with Gasteiger partial charge in [0.15, 0.2) is 0 Å². The van der Waals surface area contributed by atoms with Crippen molar-refractivity contribution in [3.05, 3.63) is 22.8 Å². The molecule has 100 valence electrons. The summed E-state index contributed by atoms with van der Waals surface area (Å²) in [6.07, 6.45) is 0.943. The molecule has 1 rings (SSSR count). The van der Waals surface area contributed by atoms with Gasteiger partial charge in [-0.25, -0.2) is 4.98 Å². The van der Waals surface area contributed by atoms with Gasteiger partial charge in [0.1, 0.15) is 11.0 Å². The van der Waals surface area contributed by atoms with E-state index in [2.05, 4.69) is 17.2 Å². The van der Waals surface area contributed by atoms with Crippen LogP contribution in [0.15, 0.2) is 12.1 Å². The lowest BCUT2D eigenvalue weighted by molar-refractivity contribution is 0.0939. The Balaban J connectivity index is 2.54. The zero-order valence-electron chi connectivity index (χ0n) is 10.6. The van der Waals surface area contributed by atoms with Crippen LogP contribution in [0.5, 0.6) is 0 Å². The van der Waals surface area contributed by atoms with E-state index >= 15 is 0 Å². The number of hydrogen-bond donors (Lipinski definition) is 2. The quantitative estimate of drug-likeness (QED) is 0.623. The molecule has 18 heavy (non-hydrogen) atoms. The average molecular weight is 288 g/mol. The molecule has 0 spiro atoms. The second-order valence-electron chi connectivity index (χ2n) is 3.96. The van der Waals surface area contributed by atoms with Crippen molar-refractivity contribution in [3.8, 4) is 0 Å². The van der Waals surface area contributed by atoms with Gasteiger partial charge in [-0.05, 0) is 37.0 Å². The molecule has 1 amide bonds. The average Bonchev–Trinajstić information content (AvgIpc) is 2.28. The maximum absolute atomic E-state index is 11.9. The molecule has 0 aromatic carbocycles. The molecule has 0 bridgehead atoms. The number of pyridine rings is 1. The Bertz CT molecular complexity index is 394. The van der Waals surface area contributed by atoms with Gasteiger partial charge in [-0.15, -0.1) is 0 Å². The van der Waals surface area contributed by atoms with Crippen LogP contribution < -0.4 is 11.1 Å². The van der Waals surface area contributed by atoms with Crippen molar-refractivity contribution < 1.29 is 4.79 Å². The lowest BCUT2D eigenvalue weighted by Crippen LogP contribution is -2.33. The Kier molecular flexibility index (Phi) is 6.29. The number of nitrogens with zero attached hydrogens (tertiary/aromatic N) is 1. The minimum atomic E-state index is -0.167. The molecule has 0 aliphatic rings. The van der Waals surface area contributed by atoms with Crippen LogP contribution in [-0.4, -0.2) is 28.4 Å².